The molecule has 0 bridgehead atoms. The molecule has 0 aliphatic carbocycles. The average Bonchev–Trinajstić information content (AvgIpc) is 2.61. The summed E-state index contributed by atoms with van der Waals surface area (Å²) in [5, 5.41) is 6.38. The highest BCUT2D eigenvalue weighted by molar-refractivity contribution is 5.81. The van der Waals surface area contributed by atoms with E-state index >= 15 is 0 Å². The molecule has 0 fully saturated rings. The lowest BCUT2D eigenvalue weighted by Crippen LogP contribution is -2.40. The summed E-state index contributed by atoms with van der Waals surface area (Å²) in [4.78, 5) is 22.4. The Kier molecular flexibility index (Phi) is 9.26. The van der Waals surface area contributed by atoms with E-state index in [0.29, 0.717) is 31.3 Å². The Bertz CT molecular complexity index is 529. The summed E-state index contributed by atoms with van der Waals surface area (Å²) in [7, 11) is 1.59. The summed E-state index contributed by atoms with van der Waals surface area (Å²) in [6.45, 7) is 9.30. The number of amides is 1. The first-order valence-electron chi connectivity index (χ1n) is 8.43. The summed E-state index contributed by atoms with van der Waals surface area (Å²) < 4.78 is 5.11. The molecular weight excluding hydrogens is 306 g/mol. The van der Waals surface area contributed by atoms with Gasteiger partial charge in [-0.2, -0.15) is 0 Å². The highest BCUT2D eigenvalue weighted by atomic mass is 16.5. The van der Waals surface area contributed by atoms with Gasteiger partial charge in [-0.05, 0) is 32.4 Å². The number of aromatic nitrogens is 1. The van der Waals surface area contributed by atoms with Crippen LogP contribution in [0.1, 0.15) is 32.8 Å². The van der Waals surface area contributed by atoms with Crippen LogP contribution in [0.5, 0.6) is 5.88 Å². The number of pyridine rings is 1. The van der Waals surface area contributed by atoms with Crippen molar-refractivity contribution in [3.63, 3.8) is 0 Å². The number of ether oxygens (including phenoxy) is 1. The lowest BCUT2D eigenvalue weighted by molar-refractivity contribution is -0.130. The molecule has 1 aromatic rings. The predicted octanol–water partition coefficient (Wildman–Crippen LogP) is 1.40. The van der Waals surface area contributed by atoms with Crippen LogP contribution >= 0.6 is 0 Å². The minimum Gasteiger partial charge on any atom is -0.481 e. The third-order valence-corrected chi connectivity index (χ3v) is 3.52. The zero-order chi connectivity index (χ0) is 17.8. The molecule has 0 aliphatic rings. The van der Waals surface area contributed by atoms with Crippen LogP contribution < -0.4 is 15.4 Å². The van der Waals surface area contributed by atoms with Crippen LogP contribution in [0.4, 0.5) is 0 Å². The van der Waals surface area contributed by atoms with Gasteiger partial charge in [0.1, 0.15) is 0 Å². The molecule has 1 rings (SSSR count). The number of carbonyl (C=O) groups excluding carboxylic acids is 1. The molecule has 0 saturated heterocycles. The van der Waals surface area contributed by atoms with Crippen molar-refractivity contribution in [3.8, 4) is 5.88 Å². The van der Waals surface area contributed by atoms with E-state index in [0.717, 1.165) is 25.2 Å². The number of methoxy groups -OCH3 is 1. The second kappa shape index (κ2) is 11.3. The van der Waals surface area contributed by atoms with Crippen LogP contribution in [0.15, 0.2) is 23.3 Å². The highest BCUT2D eigenvalue weighted by Crippen LogP contribution is 2.09. The molecule has 0 unspecified atom stereocenters. The fraction of sp³-hybridized carbons (Fsp3) is 0.588. The lowest BCUT2D eigenvalue weighted by Gasteiger charge is -2.19. The van der Waals surface area contributed by atoms with Gasteiger partial charge in [0.15, 0.2) is 5.96 Å². The van der Waals surface area contributed by atoms with Crippen molar-refractivity contribution in [2.24, 2.45) is 4.99 Å². The van der Waals surface area contributed by atoms with Crippen LogP contribution in [0.2, 0.25) is 0 Å². The summed E-state index contributed by atoms with van der Waals surface area (Å²) in [5.74, 6) is 1.42. The van der Waals surface area contributed by atoms with Crippen molar-refractivity contribution in [1.29, 1.82) is 0 Å². The Labute approximate surface area is 144 Å². The number of rotatable bonds is 9. The maximum Gasteiger partial charge on any atom is 0.224 e. The van der Waals surface area contributed by atoms with Crippen molar-refractivity contribution < 1.29 is 9.53 Å². The number of guanidine groups is 1. The first-order valence-corrected chi connectivity index (χ1v) is 8.43. The first kappa shape index (κ1) is 19.7. The van der Waals surface area contributed by atoms with Crippen molar-refractivity contribution in [3.05, 3.63) is 23.9 Å². The van der Waals surface area contributed by atoms with E-state index in [1.165, 1.54) is 0 Å². The molecule has 0 radical (unpaired) electrons. The molecule has 0 aromatic carbocycles. The minimum absolute atomic E-state index is 0.155. The molecular formula is C17H29N5O2. The number of hydrogen-bond donors (Lipinski definition) is 2. The van der Waals surface area contributed by atoms with E-state index in [-0.39, 0.29) is 5.91 Å². The maximum absolute atomic E-state index is 12.0. The predicted molar refractivity (Wildman–Crippen MR) is 96.2 cm³/mol. The van der Waals surface area contributed by atoms with Crippen LogP contribution in [-0.2, 0) is 11.3 Å². The third-order valence-electron chi connectivity index (χ3n) is 3.52. The Balaban J connectivity index is 2.54. The van der Waals surface area contributed by atoms with E-state index in [2.05, 4.69) is 20.6 Å². The third kappa shape index (κ3) is 6.85. The summed E-state index contributed by atoms with van der Waals surface area (Å²) in [6.07, 6.45) is 2.15. The van der Waals surface area contributed by atoms with Gasteiger partial charge in [0, 0.05) is 44.9 Å². The molecule has 0 atom stereocenters. The highest BCUT2D eigenvalue weighted by Gasteiger charge is 2.09. The van der Waals surface area contributed by atoms with Crippen molar-refractivity contribution in [1.82, 2.24) is 20.5 Å². The second-order valence-electron chi connectivity index (χ2n) is 5.14. The summed E-state index contributed by atoms with van der Waals surface area (Å²) in [6, 6.07) is 3.76. The first-order chi connectivity index (χ1) is 11.6. The SMILES string of the molecule is CCNC(=NCc1ccnc(OC)c1)NCCC(=O)N(CC)CC. The number of nitrogens with zero attached hydrogens (tertiary/aromatic N) is 3. The molecule has 0 spiro atoms. The fourth-order valence-electron chi connectivity index (χ4n) is 2.19. The number of aliphatic imine (C=N–C) groups is 1. The zero-order valence-electron chi connectivity index (χ0n) is 15.1. The van der Waals surface area contributed by atoms with Gasteiger partial charge in [-0.25, -0.2) is 9.98 Å². The van der Waals surface area contributed by atoms with E-state index in [9.17, 15) is 4.79 Å². The topological polar surface area (TPSA) is 78.9 Å². The van der Waals surface area contributed by atoms with Crippen molar-refractivity contribution in [2.45, 2.75) is 33.7 Å². The van der Waals surface area contributed by atoms with Crippen molar-refractivity contribution in [2.75, 3.05) is 33.3 Å². The molecule has 24 heavy (non-hydrogen) atoms. The molecule has 7 nitrogen and oxygen atoms in total. The van der Waals surface area contributed by atoms with Gasteiger partial charge in [0.05, 0.1) is 13.7 Å². The maximum atomic E-state index is 12.0. The molecule has 7 heteroatoms. The largest absolute Gasteiger partial charge is 0.481 e. The average molecular weight is 335 g/mol. The second-order valence-corrected chi connectivity index (χ2v) is 5.14. The molecule has 1 amide bonds. The Hall–Kier alpha value is -2.31. The van der Waals surface area contributed by atoms with Gasteiger partial charge in [-0.3, -0.25) is 4.79 Å². The quantitative estimate of drug-likeness (QED) is 0.527. The Morgan fingerprint density at radius 2 is 2.04 bits per heavy atom. The standard InChI is InChI=1S/C17H29N5O2/c1-5-18-17(20-11-9-16(23)22(6-2)7-3)21-13-14-8-10-19-15(12-14)24-4/h8,10,12H,5-7,9,11,13H2,1-4H3,(H2,18,20,21). The molecule has 0 saturated carbocycles. The van der Waals surface area contributed by atoms with Gasteiger partial charge in [0.25, 0.3) is 0 Å². The summed E-state index contributed by atoms with van der Waals surface area (Å²) in [5.41, 5.74) is 1.01. The van der Waals surface area contributed by atoms with Crippen LogP contribution in [0, 0.1) is 0 Å². The molecule has 134 valence electrons. The van der Waals surface area contributed by atoms with Crippen LogP contribution in [0.3, 0.4) is 0 Å². The Morgan fingerprint density at radius 3 is 2.67 bits per heavy atom. The van der Waals surface area contributed by atoms with Gasteiger partial charge in [-0.1, -0.05) is 0 Å². The smallest absolute Gasteiger partial charge is 0.224 e. The van der Waals surface area contributed by atoms with Crippen LogP contribution in [0.25, 0.3) is 0 Å². The fourth-order valence-corrected chi connectivity index (χ4v) is 2.19. The van der Waals surface area contributed by atoms with Gasteiger partial charge in [-0.15, -0.1) is 0 Å². The van der Waals surface area contributed by atoms with Crippen molar-refractivity contribution >= 4 is 11.9 Å². The van der Waals surface area contributed by atoms with Gasteiger partial charge >= 0.3 is 0 Å². The van der Waals surface area contributed by atoms with E-state index in [4.69, 9.17) is 4.74 Å². The lowest BCUT2D eigenvalue weighted by atomic mass is 10.3. The summed E-state index contributed by atoms with van der Waals surface area (Å²) >= 11 is 0. The number of carbonyl (C=O) groups is 1. The van der Waals surface area contributed by atoms with E-state index < -0.39 is 0 Å². The molecule has 1 aromatic heterocycles. The number of nitrogens with one attached hydrogen (secondary N) is 2. The van der Waals surface area contributed by atoms with Crippen LogP contribution in [-0.4, -0.2) is 55.0 Å². The van der Waals surface area contributed by atoms with Gasteiger partial charge in [0.2, 0.25) is 11.8 Å². The normalized spacial score (nSPS) is 11.1. The zero-order valence-corrected chi connectivity index (χ0v) is 15.1. The molecule has 0 aliphatic heterocycles. The number of hydrogen-bond acceptors (Lipinski definition) is 4. The monoisotopic (exact) mass is 335 g/mol. The van der Waals surface area contributed by atoms with E-state index in [1.807, 2.05) is 37.8 Å². The van der Waals surface area contributed by atoms with Gasteiger partial charge < -0.3 is 20.3 Å². The molecule has 2 N–H and O–H groups in total. The Morgan fingerprint density at radius 1 is 1.29 bits per heavy atom. The minimum atomic E-state index is 0.155. The molecule has 1 heterocycles. The van der Waals surface area contributed by atoms with E-state index in [1.54, 1.807) is 13.3 Å².